The van der Waals surface area contributed by atoms with Crippen LogP contribution in [0.25, 0.3) is 0 Å². The molecule has 1 aliphatic rings. The minimum Gasteiger partial charge on any atom is -0.478 e. The maximum atomic E-state index is 13.8. The van der Waals surface area contributed by atoms with Crippen LogP contribution in [-0.4, -0.2) is 52.6 Å². The summed E-state index contributed by atoms with van der Waals surface area (Å²) in [5.41, 5.74) is 2.35. The Morgan fingerprint density at radius 2 is 1.53 bits per heavy atom. The molecule has 0 aliphatic carbocycles. The number of carbonyl (C=O) groups is 3. The highest BCUT2D eigenvalue weighted by atomic mass is 32.2. The lowest BCUT2D eigenvalue weighted by Gasteiger charge is -2.26. The van der Waals surface area contributed by atoms with Crippen LogP contribution in [0.4, 0.5) is 0 Å². The second kappa shape index (κ2) is 11.0. The van der Waals surface area contributed by atoms with Gasteiger partial charge < -0.3 is 14.7 Å². The number of rotatable bonds is 8. The number of ether oxygens (including phenoxy) is 1. The number of aryl methyl sites for hydroxylation is 2. The molecule has 2 unspecified atom stereocenters. The number of carboxylic acids is 1. The molecule has 4 rings (SSSR count). The SMILES string of the molecule is CSc1ccc(C(=O)C2CN(C(=O)c3ccccc3)CC2c2cc(C)c(OC(C)(C)C(=O)O)c(C)c2)cc1. The maximum absolute atomic E-state index is 13.8. The summed E-state index contributed by atoms with van der Waals surface area (Å²) in [6, 6.07) is 20.6. The first-order valence-corrected chi connectivity index (χ1v) is 13.8. The van der Waals surface area contributed by atoms with Gasteiger partial charge in [-0.2, -0.15) is 0 Å². The zero-order chi connectivity index (χ0) is 27.6. The molecule has 7 heteroatoms. The summed E-state index contributed by atoms with van der Waals surface area (Å²) in [6.07, 6.45) is 1.99. The highest BCUT2D eigenvalue weighted by molar-refractivity contribution is 7.98. The monoisotopic (exact) mass is 531 g/mol. The number of benzene rings is 3. The molecule has 3 aromatic carbocycles. The molecule has 1 saturated heterocycles. The smallest absolute Gasteiger partial charge is 0.347 e. The van der Waals surface area contributed by atoms with Crippen molar-refractivity contribution in [2.24, 2.45) is 5.92 Å². The normalized spacial score (nSPS) is 17.3. The number of Topliss-reactive ketones (excluding diaryl/α,β-unsaturated/α-hetero) is 1. The van der Waals surface area contributed by atoms with E-state index in [0.717, 1.165) is 21.6 Å². The average Bonchev–Trinajstić information content (AvgIpc) is 3.36. The second-order valence-electron chi connectivity index (χ2n) is 10.3. The van der Waals surface area contributed by atoms with Crippen LogP contribution >= 0.6 is 11.8 Å². The maximum Gasteiger partial charge on any atom is 0.347 e. The molecule has 198 valence electrons. The van der Waals surface area contributed by atoms with Gasteiger partial charge >= 0.3 is 5.97 Å². The van der Waals surface area contributed by atoms with Gasteiger partial charge in [0, 0.05) is 40.9 Å². The van der Waals surface area contributed by atoms with Gasteiger partial charge in [-0.05, 0) is 74.9 Å². The fourth-order valence-corrected chi connectivity index (χ4v) is 5.37. The van der Waals surface area contributed by atoms with E-state index in [9.17, 15) is 19.5 Å². The topological polar surface area (TPSA) is 83.9 Å². The van der Waals surface area contributed by atoms with Crippen molar-refractivity contribution >= 4 is 29.4 Å². The van der Waals surface area contributed by atoms with Crippen LogP contribution in [0.5, 0.6) is 5.75 Å². The summed E-state index contributed by atoms with van der Waals surface area (Å²) in [5, 5.41) is 9.52. The van der Waals surface area contributed by atoms with E-state index in [-0.39, 0.29) is 17.6 Å². The van der Waals surface area contributed by atoms with Crippen LogP contribution < -0.4 is 4.74 Å². The van der Waals surface area contributed by atoms with Crippen molar-refractivity contribution < 1.29 is 24.2 Å². The lowest BCUT2D eigenvalue weighted by molar-refractivity contribution is -0.152. The van der Waals surface area contributed by atoms with Crippen molar-refractivity contribution in [3.8, 4) is 5.75 Å². The van der Waals surface area contributed by atoms with E-state index >= 15 is 0 Å². The first-order chi connectivity index (χ1) is 18.0. The van der Waals surface area contributed by atoms with Gasteiger partial charge in [0.15, 0.2) is 11.4 Å². The summed E-state index contributed by atoms with van der Waals surface area (Å²) in [4.78, 5) is 41.6. The van der Waals surface area contributed by atoms with Crippen molar-refractivity contribution in [2.45, 2.75) is 44.1 Å². The minimum atomic E-state index is -1.38. The predicted molar refractivity (Wildman–Crippen MR) is 149 cm³/mol. The zero-order valence-corrected chi connectivity index (χ0v) is 23.2. The van der Waals surface area contributed by atoms with Gasteiger partial charge in [-0.1, -0.05) is 42.5 Å². The van der Waals surface area contributed by atoms with Crippen LogP contribution in [0.3, 0.4) is 0 Å². The molecule has 0 aromatic heterocycles. The number of thioether (sulfide) groups is 1. The summed E-state index contributed by atoms with van der Waals surface area (Å²) in [6.45, 7) is 7.52. The summed E-state index contributed by atoms with van der Waals surface area (Å²) in [5.74, 6) is -1.25. The molecule has 0 spiro atoms. The number of likely N-dealkylation sites (tertiary alicyclic amines) is 1. The molecule has 0 radical (unpaired) electrons. The van der Waals surface area contributed by atoms with E-state index in [2.05, 4.69) is 0 Å². The molecule has 38 heavy (non-hydrogen) atoms. The number of carbonyl (C=O) groups excluding carboxylic acids is 2. The molecular formula is C31H33NO5S. The molecule has 6 nitrogen and oxygen atoms in total. The van der Waals surface area contributed by atoms with E-state index < -0.39 is 17.5 Å². The molecule has 1 aliphatic heterocycles. The van der Waals surface area contributed by atoms with Crippen LogP contribution in [0.15, 0.2) is 71.6 Å². The third-order valence-electron chi connectivity index (χ3n) is 7.12. The molecule has 2 atom stereocenters. The van der Waals surface area contributed by atoms with Crippen LogP contribution in [0.2, 0.25) is 0 Å². The number of hydrogen-bond donors (Lipinski definition) is 1. The highest BCUT2D eigenvalue weighted by Gasteiger charge is 2.41. The number of nitrogens with zero attached hydrogens (tertiary/aromatic N) is 1. The van der Waals surface area contributed by atoms with Gasteiger partial charge in [0.25, 0.3) is 5.91 Å². The Bertz CT molecular complexity index is 1330. The van der Waals surface area contributed by atoms with Crippen LogP contribution in [0, 0.1) is 19.8 Å². The Hall–Kier alpha value is -3.58. The summed E-state index contributed by atoms with van der Waals surface area (Å²) >= 11 is 1.62. The van der Waals surface area contributed by atoms with E-state index in [1.807, 2.05) is 74.7 Å². The molecule has 0 bridgehead atoms. The molecule has 1 fully saturated rings. The lowest BCUT2D eigenvalue weighted by atomic mass is 9.82. The number of carboxylic acid groups (broad SMARTS) is 1. The molecule has 0 saturated carbocycles. The molecular weight excluding hydrogens is 498 g/mol. The van der Waals surface area contributed by atoms with Gasteiger partial charge in [-0.15, -0.1) is 11.8 Å². The van der Waals surface area contributed by atoms with Crippen molar-refractivity contribution in [2.75, 3.05) is 19.3 Å². The third kappa shape index (κ3) is 5.63. The Labute approximate surface area is 228 Å². The van der Waals surface area contributed by atoms with E-state index in [1.165, 1.54) is 13.8 Å². The molecule has 1 heterocycles. The first-order valence-electron chi connectivity index (χ1n) is 12.6. The Morgan fingerprint density at radius 1 is 0.921 bits per heavy atom. The standard InChI is InChI=1S/C31H33NO5S/c1-19-15-23(16-20(2)28(19)37-31(3,4)30(35)36)25-17-32(29(34)22-9-7-6-8-10-22)18-26(25)27(33)21-11-13-24(38-5)14-12-21/h6-16,25-26H,17-18H2,1-5H3,(H,35,36). The molecule has 1 amide bonds. The zero-order valence-electron chi connectivity index (χ0n) is 22.4. The predicted octanol–water partition coefficient (Wildman–Crippen LogP) is 6.01. The number of aliphatic carboxylic acids is 1. The van der Waals surface area contributed by atoms with Gasteiger partial charge in [-0.3, -0.25) is 9.59 Å². The molecule has 3 aromatic rings. The number of hydrogen-bond acceptors (Lipinski definition) is 5. The van der Waals surface area contributed by atoms with Crippen LogP contribution in [-0.2, 0) is 4.79 Å². The Kier molecular flexibility index (Phi) is 7.97. The van der Waals surface area contributed by atoms with E-state index in [4.69, 9.17) is 4.74 Å². The highest BCUT2D eigenvalue weighted by Crippen LogP contribution is 2.39. The van der Waals surface area contributed by atoms with Crippen molar-refractivity contribution in [1.82, 2.24) is 4.90 Å². The quantitative estimate of drug-likeness (QED) is 0.283. The third-order valence-corrected chi connectivity index (χ3v) is 7.87. The summed E-state index contributed by atoms with van der Waals surface area (Å²) in [7, 11) is 0. The van der Waals surface area contributed by atoms with E-state index in [0.29, 0.717) is 30.0 Å². The average molecular weight is 532 g/mol. The van der Waals surface area contributed by atoms with Gasteiger partial charge in [0.2, 0.25) is 0 Å². The van der Waals surface area contributed by atoms with Crippen molar-refractivity contribution in [3.63, 3.8) is 0 Å². The second-order valence-corrected chi connectivity index (χ2v) is 11.2. The molecule has 1 N–H and O–H groups in total. The Morgan fingerprint density at radius 3 is 2.08 bits per heavy atom. The van der Waals surface area contributed by atoms with E-state index in [1.54, 1.807) is 28.8 Å². The number of amides is 1. The lowest BCUT2D eigenvalue weighted by Crippen LogP contribution is -2.38. The van der Waals surface area contributed by atoms with Gasteiger partial charge in [-0.25, -0.2) is 4.79 Å². The van der Waals surface area contributed by atoms with Crippen molar-refractivity contribution in [1.29, 1.82) is 0 Å². The largest absolute Gasteiger partial charge is 0.478 e. The van der Waals surface area contributed by atoms with Gasteiger partial charge in [0.05, 0.1) is 0 Å². The van der Waals surface area contributed by atoms with Crippen molar-refractivity contribution in [3.05, 3.63) is 94.5 Å². The first kappa shape index (κ1) is 27.5. The Balaban J connectivity index is 1.70. The van der Waals surface area contributed by atoms with Crippen LogP contribution in [0.1, 0.15) is 57.2 Å². The fourth-order valence-electron chi connectivity index (χ4n) is 4.96. The minimum absolute atomic E-state index is 0.00802. The summed E-state index contributed by atoms with van der Waals surface area (Å²) < 4.78 is 5.89. The number of ketones is 1. The van der Waals surface area contributed by atoms with Gasteiger partial charge in [0.1, 0.15) is 5.75 Å². The fraction of sp³-hybridized carbons (Fsp3) is 0.323.